The number of benzene rings is 2. The predicted octanol–water partition coefficient (Wildman–Crippen LogP) is 5.73. The maximum absolute atomic E-state index is 6.18. The molecular weight excluding hydrogens is 256 g/mol. The van der Waals surface area contributed by atoms with Crippen molar-refractivity contribution in [2.24, 2.45) is 0 Å². The van der Waals surface area contributed by atoms with Gasteiger partial charge in [0.05, 0.1) is 0 Å². The monoisotopic (exact) mass is 282 g/mol. The van der Waals surface area contributed by atoms with Gasteiger partial charge in [-0.05, 0) is 66.1 Å². The Labute approximate surface area is 129 Å². The minimum atomic E-state index is 0.917. The molecule has 2 aromatic rings. The van der Waals surface area contributed by atoms with Gasteiger partial charge in [-0.1, -0.05) is 45.9 Å². The van der Waals surface area contributed by atoms with E-state index in [9.17, 15) is 0 Å². The van der Waals surface area contributed by atoms with Crippen molar-refractivity contribution in [3.8, 4) is 11.5 Å². The summed E-state index contributed by atoms with van der Waals surface area (Å²) < 4.78 is 6.18. The summed E-state index contributed by atoms with van der Waals surface area (Å²) in [6, 6.07) is 12.3. The van der Waals surface area contributed by atoms with Crippen LogP contribution in [0.2, 0.25) is 0 Å². The minimum Gasteiger partial charge on any atom is -0.457 e. The maximum atomic E-state index is 6.18. The Morgan fingerprint density at radius 2 is 1.33 bits per heavy atom. The number of hydrogen-bond donors (Lipinski definition) is 0. The highest BCUT2D eigenvalue weighted by molar-refractivity contribution is 5.51. The average Bonchev–Trinajstić information content (AvgIpc) is 2.54. The Kier molecular flexibility index (Phi) is 5.44. The van der Waals surface area contributed by atoms with Gasteiger partial charge < -0.3 is 4.74 Å². The van der Waals surface area contributed by atoms with Crippen molar-refractivity contribution >= 4 is 0 Å². The number of hydrogen-bond acceptors (Lipinski definition) is 1. The third-order valence-electron chi connectivity index (χ3n) is 4.13. The lowest BCUT2D eigenvalue weighted by atomic mass is 9.89. The van der Waals surface area contributed by atoms with Crippen LogP contribution in [-0.2, 0) is 25.7 Å². The lowest BCUT2D eigenvalue weighted by Crippen LogP contribution is -2.05. The summed E-state index contributed by atoms with van der Waals surface area (Å²) in [7, 11) is 0. The zero-order valence-corrected chi connectivity index (χ0v) is 13.7. The summed E-state index contributed by atoms with van der Waals surface area (Å²) in [6.45, 7) is 8.95. The van der Waals surface area contributed by atoms with Gasteiger partial charge in [0.25, 0.3) is 0 Å². The molecule has 1 heteroatoms. The van der Waals surface area contributed by atoms with Crippen molar-refractivity contribution in [2.75, 3.05) is 0 Å². The van der Waals surface area contributed by atoms with Crippen molar-refractivity contribution in [1.82, 2.24) is 0 Å². The molecule has 0 fully saturated rings. The Hall–Kier alpha value is -1.76. The highest BCUT2D eigenvalue weighted by atomic mass is 16.5. The van der Waals surface area contributed by atoms with Gasteiger partial charge in [-0.2, -0.15) is 0 Å². The van der Waals surface area contributed by atoms with Crippen molar-refractivity contribution in [3.05, 3.63) is 58.7 Å². The molecule has 0 heterocycles. The lowest BCUT2D eigenvalue weighted by Gasteiger charge is -2.20. The van der Waals surface area contributed by atoms with E-state index in [1.54, 1.807) is 0 Å². The Morgan fingerprint density at radius 1 is 0.714 bits per heavy atom. The molecule has 0 aliphatic carbocycles. The molecule has 0 aliphatic heterocycles. The number of para-hydroxylation sites is 1. The van der Waals surface area contributed by atoms with Crippen LogP contribution in [0.5, 0.6) is 11.5 Å². The van der Waals surface area contributed by atoms with Crippen molar-refractivity contribution in [2.45, 2.75) is 53.4 Å². The smallest absolute Gasteiger partial charge is 0.131 e. The molecule has 21 heavy (non-hydrogen) atoms. The predicted molar refractivity (Wildman–Crippen MR) is 90.5 cm³/mol. The van der Waals surface area contributed by atoms with E-state index in [0.29, 0.717) is 0 Å². The van der Waals surface area contributed by atoms with Crippen LogP contribution in [0.1, 0.15) is 49.9 Å². The van der Waals surface area contributed by atoms with Crippen LogP contribution in [0.3, 0.4) is 0 Å². The second-order valence-electron chi connectivity index (χ2n) is 5.30. The van der Waals surface area contributed by atoms with Crippen LogP contribution in [0.15, 0.2) is 36.4 Å². The Morgan fingerprint density at radius 3 is 1.86 bits per heavy atom. The quantitative estimate of drug-likeness (QED) is 0.657. The molecule has 0 amide bonds. The second kappa shape index (κ2) is 7.31. The lowest BCUT2D eigenvalue weighted by molar-refractivity contribution is 0.474. The third-order valence-corrected chi connectivity index (χ3v) is 4.13. The van der Waals surface area contributed by atoms with Gasteiger partial charge in [0, 0.05) is 0 Å². The van der Waals surface area contributed by atoms with Gasteiger partial charge in [-0.3, -0.25) is 0 Å². The molecule has 0 saturated carbocycles. The van der Waals surface area contributed by atoms with Gasteiger partial charge in [0.2, 0.25) is 0 Å². The minimum absolute atomic E-state index is 0.917. The summed E-state index contributed by atoms with van der Waals surface area (Å²) in [5, 5.41) is 0. The van der Waals surface area contributed by atoms with Gasteiger partial charge >= 0.3 is 0 Å². The molecule has 0 radical (unpaired) electrons. The van der Waals surface area contributed by atoms with E-state index < -0.39 is 0 Å². The SMILES string of the molecule is CCc1cc(Oc2ccccc2)c(CC)c(CC)c1CC. The van der Waals surface area contributed by atoms with Crippen LogP contribution in [0.4, 0.5) is 0 Å². The average molecular weight is 282 g/mol. The van der Waals surface area contributed by atoms with Crippen molar-refractivity contribution < 1.29 is 4.74 Å². The van der Waals surface area contributed by atoms with Crippen molar-refractivity contribution in [1.29, 1.82) is 0 Å². The third kappa shape index (κ3) is 3.29. The van der Waals surface area contributed by atoms with Crippen LogP contribution in [0.25, 0.3) is 0 Å². The molecule has 0 spiro atoms. The molecule has 1 nitrogen and oxygen atoms in total. The van der Waals surface area contributed by atoms with Gasteiger partial charge in [0.1, 0.15) is 11.5 Å². The summed E-state index contributed by atoms with van der Waals surface area (Å²) in [5.41, 5.74) is 5.82. The molecule has 0 atom stereocenters. The number of ether oxygens (including phenoxy) is 1. The first-order valence-corrected chi connectivity index (χ1v) is 8.14. The second-order valence-corrected chi connectivity index (χ2v) is 5.30. The fourth-order valence-electron chi connectivity index (χ4n) is 3.13. The topological polar surface area (TPSA) is 9.23 Å². The van der Waals surface area contributed by atoms with Crippen molar-refractivity contribution in [3.63, 3.8) is 0 Å². The van der Waals surface area contributed by atoms with E-state index in [0.717, 1.165) is 37.2 Å². The summed E-state index contributed by atoms with van der Waals surface area (Å²) in [5.74, 6) is 1.95. The summed E-state index contributed by atoms with van der Waals surface area (Å²) in [6.07, 6.45) is 4.25. The molecule has 112 valence electrons. The van der Waals surface area contributed by atoms with Crippen LogP contribution >= 0.6 is 0 Å². The van der Waals surface area contributed by atoms with E-state index in [2.05, 4.69) is 33.8 Å². The van der Waals surface area contributed by atoms with Crippen LogP contribution in [-0.4, -0.2) is 0 Å². The highest BCUT2D eigenvalue weighted by Gasteiger charge is 2.15. The first kappa shape index (κ1) is 15.6. The van der Waals surface area contributed by atoms with Crippen LogP contribution in [0, 0.1) is 0 Å². The standard InChI is InChI=1S/C20H26O/c1-5-15-14-20(21-16-12-10-9-11-13-16)19(8-4)18(7-3)17(15)6-2/h9-14H,5-8H2,1-4H3. The van der Waals surface area contributed by atoms with E-state index >= 15 is 0 Å². The molecule has 0 unspecified atom stereocenters. The van der Waals surface area contributed by atoms with Gasteiger partial charge in [0.15, 0.2) is 0 Å². The molecule has 0 aromatic heterocycles. The number of rotatable bonds is 6. The molecule has 0 bridgehead atoms. The van der Waals surface area contributed by atoms with E-state index in [-0.39, 0.29) is 0 Å². The zero-order chi connectivity index (χ0) is 15.2. The number of aryl methyl sites for hydroxylation is 1. The van der Waals surface area contributed by atoms with Crippen LogP contribution < -0.4 is 4.74 Å². The molecule has 0 N–H and O–H groups in total. The maximum Gasteiger partial charge on any atom is 0.131 e. The van der Waals surface area contributed by atoms with E-state index in [1.807, 2.05) is 30.3 Å². The molecular formula is C20H26O. The Bertz CT molecular complexity index is 585. The zero-order valence-electron chi connectivity index (χ0n) is 13.7. The molecule has 2 aromatic carbocycles. The molecule has 2 rings (SSSR count). The summed E-state index contributed by atoms with van der Waals surface area (Å²) >= 11 is 0. The molecule has 0 aliphatic rings. The van der Waals surface area contributed by atoms with E-state index in [1.165, 1.54) is 22.3 Å². The highest BCUT2D eigenvalue weighted by Crippen LogP contribution is 2.34. The summed E-state index contributed by atoms with van der Waals surface area (Å²) in [4.78, 5) is 0. The van der Waals surface area contributed by atoms with E-state index in [4.69, 9.17) is 4.74 Å². The van der Waals surface area contributed by atoms with Gasteiger partial charge in [-0.25, -0.2) is 0 Å². The van der Waals surface area contributed by atoms with Gasteiger partial charge in [-0.15, -0.1) is 0 Å². The Balaban J connectivity index is 2.54. The first-order chi connectivity index (χ1) is 10.2. The largest absolute Gasteiger partial charge is 0.457 e. The fraction of sp³-hybridized carbons (Fsp3) is 0.400. The fourth-order valence-corrected chi connectivity index (χ4v) is 3.13. The first-order valence-electron chi connectivity index (χ1n) is 8.14. The molecule has 0 saturated heterocycles. The normalized spacial score (nSPS) is 10.7.